The molecule has 5 heteroatoms. The molecule has 0 bridgehead atoms. The highest BCUT2D eigenvalue weighted by molar-refractivity contribution is 5.72. The van der Waals surface area contributed by atoms with Gasteiger partial charge in [0.05, 0.1) is 24.3 Å². The van der Waals surface area contributed by atoms with E-state index in [1.807, 2.05) is 12.1 Å². The lowest BCUT2D eigenvalue weighted by Gasteiger charge is -2.07. The molecular formula is C16H6N4O. The highest BCUT2D eigenvalue weighted by atomic mass is 16.5. The zero-order valence-electron chi connectivity index (χ0n) is 10.7. The maximum absolute atomic E-state index is 8.96. The van der Waals surface area contributed by atoms with Gasteiger partial charge in [-0.25, -0.2) is 4.85 Å². The van der Waals surface area contributed by atoms with Gasteiger partial charge in [0.1, 0.15) is 23.6 Å². The van der Waals surface area contributed by atoms with Crippen molar-refractivity contribution >= 4 is 11.4 Å². The van der Waals surface area contributed by atoms with Crippen molar-refractivity contribution in [1.29, 1.82) is 10.5 Å². The topological polar surface area (TPSA) is 65.5 Å². The Morgan fingerprint density at radius 1 is 0.810 bits per heavy atom. The lowest BCUT2D eigenvalue weighted by atomic mass is 10.1. The molecule has 0 amide bonds. The number of nitriles is 2. The molecule has 0 aliphatic heterocycles. The van der Waals surface area contributed by atoms with E-state index in [2.05, 4.69) is 9.69 Å². The molecule has 0 aliphatic rings. The van der Waals surface area contributed by atoms with Crippen molar-refractivity contribution in [3.8, 4) is 23.6 Å². The summed E-state index contributed by atoms with van der Waals surface area (Å²) in [6.07, 6.45) is 0. The largest absolute Gasteiger partial charge is 0.459 e. The van der Waals surface area contributed by atoms with E-state index < -0.39 is 0 Å². The SMILES string of the molecule is [C-]#[N+]c1ccc(Oc2ccc(C#N)c(C#N)c2)cc1[N+]#[C-]. The summed E-state index contributed by atoms with van der Waals surface area (Å²) >= 11 is 0. The van der Waals surface area contributed by atoms with E-state index in [0.29, 0.717) is 11.5 Å². The molecular weight excluding hydrogens is 264 g/mol. The molecule has 5 nitrogen and oxygen atoms in total. The number of ether oxygens (including phenoxy) is 1. The van der Waals surface area contributed by atoms with Crippen LogP contribution >= 0.6 is 0 Å². The molecule has 2 rings (SSSR count). The third kappa shape index (κ3) is 2.79. The maximum Gasteiger partial charge on any atom is 0.198 e. The van der Waals surface area contributed by atoms with Gasteiger partial charge in [0, 0.05) is 0 Å². The summed E-state index contributed by atoms with van der Waals surface area (Å²) in [5, 5.41) is 17.8. The van der Waals surface area contributed by atoms with Crippen LogP contribution in [0.3, 0.4) is 0 Å². The van der Waals surface area contributed by atoms with Crippen LogP contribution in [0.4, 0.5) is 11.4 Å². The molecule has 0 heterocycles. The van der Waals surface area contributed by atoms with Gasteiger partial charge < -0.3 is 4.74 Å². The Bertz CT molecular complexity index is 800. The van der Waals surface area contributed by atoms with Gasteiger partial charge in [0.15, 0.2) is 11.4 Å². The number of hydrogen-bond acceptors (Lipinski definition) is 3. The predicted molar refractivity (Wildman–Crippen MR) is 74.9 cm³/mol. The van der Waals surface area contributed by atoms with Gasteiger partial charge in [-0.05, 0) is 30.3 Å². The highest BCUT2D eigenvalue weighted by Crippen LogP contribution is 2.34. The fraction of sp³-hybridized carbons (Fsp3) is 0. The van der Waals surface area contributed by atoms with Gasteiger partial charge in [-0.15, -0.1) is 0 Å². The van der Waals surface area contributed by atoms with Crippen molar-refractivity contribution < 1.29 is 4.74 Å². The van der Waals surface area contributed by atoms with E-state index in [4.69, 9.17) is 28.4 Å². The second-order valence-electron chi connectivity index (χ2n) is 3.91. The molecule has 0 radical (unpaired) electrons. The second-order valence-corrected chi connectivity index (χ2v) is 3.91. The van der Waals surface area contributed by atoms with E-state index in [1.165, 1.54) is 24.3 Å². The minimum absolute atomic E-state index is 0.205. The molecule has 2 aromatic rings. The fourth-order valence-electron chi connectivity index (χ4n) is 1.66. The quantitative estimate of drug-likeness (QED) is 0.763. The summed E-state index contributed by atoms with van der Waals surface area (Å²) in [6, 6.07) is 12.9. The maximum atomic E-state index is 8.96. The molecule has 21 heavy (non-hydrogen) atoms. The summed E-state index contributed by atoms with van der Waals surface area (Å²) in [5.41, 5.74) is 0.958. The average molecular weight is 270 g/mol. The van der Waals surface area contributed by atoms with Crippen molar-refractivity contribution in [2.45, 2.75) is 0 Å². The molecule has 96 valence electrons. The molecule has 0 aliphatic carbocycles. The van der Waals surface area contributed by atoms with Crippen LogP contribution in [0.5, 0.6) is 11.5 Å². The zero-order valence-corrected chi connectivity index (χ0v) is 10.7. The van der Waals surface area contributed by atoms with Crippen molar-refractivity contribution in [1.82, 2.24) is 0 Å². The van der Waals surface area contributed by atoms with E-state index in [-0.39, 0.29) is 22.5 Å². The Morgan fingerprint density at radius 2 is 1.43 bits per heavy atom. The van der Waals surface area contributed by atoms with Crippen LogP contribution in [-0.2, 0) is 0 Å². The number of benzene rings is 2. The fourth-order valence-corrected chi connectivity index (χ4v) is 1.66. The third-order valence-electron chi connectivity index (χ3n) is 2.66. The first-order valence-corrected chi connectivity index (χ1v) is 5.73. The number of rotatable bonds is 2. The molecule has 0 aromatic heterocycles. The molecule has 0 saturated heterocycles. The van der Waals surface area contributed by atoms with Gasteiger partial charge in [-0.1, -0.05) is 6.07 Å². The van der Waals surface area contributed by atoms with Gasteiger partial charge in [-0.2, -0.15) is 10.5 Å². The Labute approximate surface area is 121 Å². The monoisotopic (exact) mass is 270 g/mol. The van der Waals surface area contributed by atoms with Crippen LogP contribution in [0, 0.1) is 35.8 Å². The highest BCUT2D eigenvalue weighted by Gasteiger charge is 2.07. The summed E-state index contributed by atoms with van der Waals surface area (Å²) in [6.45, 7) is 14.0. The van der Waals surface area contributed by atoms with Gasteiger partial charge in [-0.3, -0.25) is 4.85 Å². The minimum Gasteiger partial charge on any atom is -0.459 e. The summed E-state index contributed by atoms with van der Waals surface area (Å²) in [5.74, 6) is 0.777. The molecule has 0 fully saturated rings. The van der Waals surface area contributed by atoms with Crippen LogP contribution in [0.1, 0.15) is 11.1 Å². The lowest BCUT2D eigenvalue weighted by Crippen LogP contribution is -1.88. The van der Waals surface area contributed by atoms with Crippen molar-refractivity contribution in [2.75, 3.05) is 0 Å². The van der Waals surface area contributed by atoms with Crippen molar-refractivity contribution in [2.24, 2.45) is 0 Å². The van der Waals surface area contributed by atoms with Gasteiger partial charge in [0.25, 0.3) is 0 Å². The van der Waals surface area contributed by atoms with Crippen LogP contribution in [0.2, 0.25) is 0 Å². The molecule has 0 N–H and O–H groups in total. The van der Waals surface area contributed by atoms with Crippen LogP contribution < -0.4 is 4.74 Å². The summed E-state index contributed by atoms with van der Waals surface area (Å²) < 4.78 is 5.56. The van der Waals surface area contributed by atoms with E-state index in [0.717, 1.165) is 0 Å². The van der Waals surface area contributed by atoms with Crippen LogP contribution in [0.25, 0.3) is 9.69 Å². The molecule has 0 unspecified atom stereocenters. The first kappa shape index (κ1) is 13.6. The standard InChI is InChI=1S/C16H6N4O/c1-19-15-6-5-14(8-16(15)20-2)21-13-4-3-11(9-17)12(7-13)10-18/h3-8H. The smallest absolute Gasteiger partial charge is 0.198 e. The van der Waals surface area contributed by atoms with Crippen LogP contribution in [-0.4, -0.2) is 0 Å². The average Bonchev–Trinajstić information content (AvgIpc) is 2.54. The first-order valence-electron chi connectivity index (χ1n) is 5.73. The van der Waals surface area contributed by atoms with E-state index >= 15 is 0 Å². The summed E-state index contributed by atoms with van der Waals surface area (Å²) in [4.78, 5) is 6.51. The first-order chi connectivity index (χ1) is 10.2. The van der Waals surface area contributed by atoms with Gasteiger partial charge >= 0.3 is 0 Å². The van der Waals surface area contributed by atoms with Gasteiger partial charge in [0.2, 0.25) is 0 Å². The molecule has 0 spiro atoms. The summed E-state index contributed by atoms with van der Waals surface area (Å²) in [7, 11) is 0. The number of hydrogen-bond donors (Lipinski definition) is 0. The predicted octanol–water partition coefficient (Wildman–Crippen LogP) is 4.32. The van der Waals surface area contributed by atoms with Crippen molar-refractivity contribution in [3.63, 3.8) is 0 Å². The Balaban J connectivity index is 2.36. The Hall–Kier alpha value is -3.80. The number of nitrogens with zero attached hydrogens (tertiary/aromatic N) is 4. The van der Waals surface area contributed by atoms with E-state index in [9.17, 15) is 0 Å². The second kappa shape index (κ2) is 5.89. The zero-order chi connectivity index (χ0) is 15.2. The third-order valence-corrected chi connectivity index (χ3v) is 2.66. The Morgan fingerprint density at radius 3 is 2.05 bits per heavy atom. The normalized spacial score (nSPS) is 8.76. The molecule has 0 atom stereocenters. The minimum atomic E-state index is 0.205. The Kier molecular flexibility index (Phi) is 3.82. The lowest BCUT2D eigenvalue weighted by molar-refractivity contribution is 0.483. The molecule has 2 aromatic carbocycles. The van der Waals surface area contributed by atoms with E-state index in [1.54, 1.807) is 12.1 Å². The molecule has 0 saturated carbocycles. The van der Waals surface area contributed by atoms with Crippen LogP contribution in [0.15, 0.2) is 36.4 Å². The van der Waals surface area contributed by atoms with Crippen molar-refractivity contribution in [3.05, 3.63) is 70.4 Å².